The van der Waals surface area contributed by atoms with Crippen LogP contribution in [0.2, 0.25) is 0 Å². The molecular formula is C8H12N2O2. The van der Waals surface area contributed by atoms with E-state index in [2.05, 4.69) is 4.99 Å². The minimum absolute atomic E-state index is 0.401. The number of aliphatic carboxylic acids is 1. The van der Waals surface area contributed by atoms with Crippen molar-refractivity contribution in [2.75, 3.05) is 0 Å². The number of hydrogen-bond acceptors (Lipinski definition) is 2. The van der Waals surface area contributed by atoms with Gasteiger partial charge >= 0.3 is 5.97 Å². The Morgan fingerprint density at radius 2 is 2.08 bits per heavy atom. The van der Waals surface area contributed by atoms with Gasteiger partial charge in [0.25, 0.3) is 0 Å². The molecular weight excluding hydrogens is 156 g/mol. The summed E-state index contributed by atoms with van der Waals surface area (Å²) in [6.45, 7) is 3.39. The number of nitrogens with zero attached hydrogens (tertiary/aromatic N) is 1. The topological polar surface area (TPSA) is 75.7 Å². The third-order valence-corrected chi connectivity index (χ3v) is 0.998. The Hall–Kier alpha value is -1.58. The first-order valence-electron chi connectivity index (χ1n) is 3.44. The third-order valence-electron chi connectivity index (χ3n) is 0.998. The highest BCUT2D eigenvalue weighted by molar-refractivity contribution is 5.81. The van der Waals surface area contributed by atoms with Crippen molar-refractivity contribution >= 4 is 11.8 Å². The van der Waals surface area contributed by atoms with E-state index < -0.39 is 5.97 Å². The lowest BCUT2D eigenvalue weighted by Crippen LogP contribution is -2.04. The number of hydrogen-bond donors (Lipinski definition) is 2. The van der Waals surface area contributed by atoms with Crippen LogP contribution in [0.15, 0.2) is 28.9 Å². The minimum Gasteiger partial charge on any atom is -0.478 e. The largest absolute Gasteiger partial charge is 0.478 e. The van der Waals surface area contributed by atoms with Crippen molar-refractivity contribution in [3.8, 4) is 0 Å². The summed E-state index contributed by atoms with van der Waals surface area (Å²) in [5.74, 6) is -0.600. The van der Waals surface area contributed by atoms with Crippen LogP contribution in [0.1, 0.15) is 13.8 Å². The summed E-state index contributed by atoms with van der Waals surface area (Å²) in [4.78, 5) is 14.0. The number of amidine groups is 1. The molecule has 4 heteroatoms. The molecule has 0 aromatic carbocycles. The third kappa shape index (κ3) is 5.22. The Balaban J connectivity index is 4.41. The fourth-order valence-corrected chi connectivity index (χ4v) is 0.558. The van der Waals surface area contributed by atoms with E-state index in [4.69, 9.17) is 10.8 Å². The van der Waals surface area contributed by atoms with E-state index in [-0.39, 0.29) is 0 Å². The van der Waals surface area contributed by atoms with Crippen LogP contribution in [-0.2, 0) is 4.79 Å². The second kappa shape index (κ2) is 5.12. The number of carboxylic acids is 1. The normalized spacial score (nSPS) is 13.8. The zero-order chi connectivity index (χ0) is 9.56. The van der Waals surface area contributed by atoms with Crippen molar-refractivity contribution in [2.45, 2.75) is 13.8 Å². The second-order valence-corrected chi connectivity index (χ2v) is 2.14. The molecule has 12 heavy (non-hydrogen) atoms. The van der Waals surface area contributed by atoms with E-state index in [0.717, 1.165) is 6.08 Å². The van der Waals surface area contributed by atoms with Gasteiger partial charge in [0.2, 0.25) is 0 Å². The maximum Gasteiger partial charge on any atom is 0.328 e. The number of carbonyl (C=O) groups is 1. The Morgan fingerprint density at radius 3 is 2.42 bits per heavy atom. The molecule has 0 saturated carbocycles. The van der Waals surface area contributed by atoms with Gasteiger partial charge in [0, 0.05) is 6.08 Å². The Kier molecular flexibility index (Phi) is 4.45. The van der Waals surface area contributed by atoms with Gasteiger partial charge in [-0.3, -0.25) is 0 Å². The summed E-state index contributed by atoms with van der Waals surface area (Å²) < 4.78 is 0. The van der Waals surface area contributed by atoms with Gasteiger partial charge in [0.15, 0.2) is 0 Å². The molecule has 0 aromatic rings. The first kappa shape index (κ1) is 10.4. The zero-order valence-corrected chi connectivity index (χ0v) is 7.11. The number of aliphatic imine (C=N–C) groups is 1. The minimum atomic E-state index is -1.00. The molecule has 0 aliphatic heterocycles. The van der Waals surface area contributed by atoms with Crippen molar-refractivity contribution in [3.05, 3.63) is 23.9 Å². The lowest BCUT2D eigenvalue weighted by Gasteiger charge is -1.92. The van der Waals surface area contributed by atoms with Crippen LogP contribution in [0.4, 0.5) is 0 Å². The Bertz CT molecular complexity index is 248. The fraction of sp³-hybridized carbons (Fsp3) is 0.250. The van der Waals surface area contributed by atoms with Gasteiger partial charge in [0.05, 0.1) is 11.5 Å². The molecule has 0 unspecified atom stereocenters. The number of carboxylic acid groups (broad SMARTS) is 1. The van der Waals surface area contributed by atoms with E-state index in [1.165, 1.54) is 6.08 Å². The predicted molar refractivity (Wildman–Crippen MR) is 47.8 cm³/mol. The number of nitrogens with two attached hydrogens (primary N) is 1. The first-order chi connectivity index (χ1) is 5.56. The van der Waals surface area contributed by atoms with Crippen LogP contribution in [0.25, 0.3) is 0 Å². The Labute approximate surface area is 71.1 Å². The molecule has 0 aliphatic rings. The zero-order valence-electron chi connectivity index (χ0n) is 7.11. The van der Waals surface area contributed by atoms with E-state index in [0.29, 0.717) is 11.5 Å². The SMILES string of the molecule is C/C=C(/C=C/C(=O)O)N=C(C)N. The van der Waals surface area contributed by atoms with Crippen LogP contribution < -0.4 is 5.73 Å². The summed E-state index contributed by atoms with van der Waals surface area (Å²) in [6, 6.07) is 0. The quantitative estimate of drug-likeness (QED) is 0.284. The van der Waals surface area contributed by atoms with Crippen LogP contribution in [0.5, 0.6) is 0 Å². The van der Waals surface area contributed by atoms with Gasteiger partial charge in [-0.05, 0) is 19.9 Å². The predicted octanol–water partition coefficient (Wildman–Crippen LogP) is 0.908. The summed E-state index contributed by atoms with van der Waals surface area (Å²) in [7, 11) is 0. The summed E-state index contributed by atoms with van der Waals surface area (Å²) in [5, 5.41) is 8.30. The van der Waals surface area contributed by atoms with Crippen molar-refractivity contribution < 1.29 is 9.90 Å². The van der Waals surface area contributed by atoms with Crippen molar-refractivity contribution in [1.82, 2.24) is 0 Å². The molecule has 0 bridgehead atoms. The van der Waals surface area contributed by atoms with Crippen molar-refractivity contribution in [1.29, 1.82) is 0 Å². The molecule has 0 saturated heterocycles. The smallest absolute Gasteiger partial charge is 0.328 e. The molecule has 3 N–H and O–H groups in total. The maximum absolute atomic E-state index is 10.1. The second-order valence-electron chi connectivity index (χ2n) is 2.14. The van der Waals surface area contributed by atoms with Crippen LogP contribution in [0, 0.1) is 0 Å². The summed E-state index contributed by atoms with van der Waals surface area (Å²) in [6.07, 6.45) is 4.08. The highest BCUT2D eigenvalue weighted by Crippen LogP contribution is 1.98. The van der Waals surface area contributed by atoms with Crippen LogP contribution in [0.3, 0.4) is 0 Å². The average molecular weight is 168 g/mol. The monoisotopic (exact) mass is 168 g/mol. The van der Waals surface area contributed by atoms with E-state index in [1.54, 1.807) is 19.9 Å². The number of allylic oxidation sites excluding steroid dienone is 2. The van der Waals surface area contributed by atoms with Gasteiger partial charge in [-0.1, -0.05) is 6.08 Å². The van der Waals surface area contributed by atoms with Gasteiger partial charge < -0.3 is 10.8 Å². The van der Waals surface area contributed by atoms with Gasteiger partial charge in [-0.2, -0.15) is 0 Å². The molecule has 0 fully saturated rings. The van der Waals surface area contributed by atoms with E-state index in [9.17, 15) is 4.79 Å². The van der Waals surface area contributed by atoms with Crippen molar-refractivity contribution in [3.63, 3.8) is 0 Å². The van der Waals surface area contributed by atoms with Crippen molar-refractivity contribution in [2.24, 2.45) is 10.7 Å². The van der Waals surface area contributed by atoms with Gasteiger partial charge in [0.1, 0.15) is 0 Å². The van der Waals surface area contributed by atoms with E-state index >= 15 is 0 Å². The highest BCUT2D eigenvalue weighted by atomic mass is 16.4. The lowest BCUT2D eigenvalue weighted by atomic mass is 10.3. The molecule has 0 amide bonds. The summed E-state index contributed by atoms with van der Waals surface area (Å²) in [5.41, 5.74) is 5.84. The van der Waals surface area contributed by atoms with E-state index in [1.807, 2.05) is 0 Å². The molecule has 0 rings (SSSR count). The molecule has 0 aromatic heterocycles. The molecule has 0 aliphatic carbocycles. The maximum atomic E-state index is 10.1. The molecule has 66 valence electrons. The molecule has 0 atom stereocenters. The average Bonchev–Trinajstić information content (AvgIpc) is 1.97. The molecule has 0 radical (unpaired) electrons. The standard InChI is InChI=1S/C8H12N2O2/c1-3-7(10-6(2)9)4-5-8(11)12/h3-5H,1-2H3,(H2,9,10)(H,11,12)/b5-4+,7-3-. The lowest BCUT2D eigenvalue weighted by molar-refractivity contribution is -0.131. The fourth-order valence-electron chi connectivity index (χ4n) is 0.558. The van der Waals surface area contributed by atoms with Crippen LogP contribution >= 0.6 is 0 Å². The summed E-state index contributed by atoms with van der Waals surface area (Å²) >= 11 is 0. The number of rotatable bonds is 3. The van der Waals surface area contributed by atoms with Gasteiger partial charge in [-0.15, -0.1) is 0 Å². The molecule has 4 nitrogen and oxygen atoms in total. The molecule has 0 spiro atoms. The highest BCUT2D eigenvalue weighted by Gasteiger charge is 1.89. The van der Waals surface area contributed by atoms with Gasteiger partial charge in [-0.25, -0.2) is 9.79 Å². The Morgan fingerprint density at radius 1 is 1.50 bits per heavy atom. The van der Waals surface area contributed by atoms with Crippen LogP contribution in [-0.4, -0.2) is 16.9 Å². The molecule has 0 heterocycles. The first-order valence-corrected chi connectivity index (χ1v) is 3.44.